The molecule has 0 spiro atoms. The van der Waals surface area contributed by atoms with Crippen LogP contribution in [-0.4, -0.2) is 51.6 Å². The van der Waals surface area contributed by atoms with Crippen LogP contribution >= 0.6 is 0 Å². The van der Waals surface area contributed by atoms with Crippen molar-refractivity contribution in [1.82, 2.24) is 0 Å². The second-order valence-corrected chi connectivity index (χ2v) is 10.7. The van der Waals surface area contributed by atoms with E-state index in [-0.39, 0.29) is 24.7 Å². The van der Waals surface area contributed by atoms with Gasteiger partial charge in [0.25, 0.3) is 0 Å². The molecule has 0 amide bonds. The van der Waals surface area contributed by atoms with Crippen molar-refractivity contribution in [3.05, 3.63) is 36.0 Å². The van der Waals surface area contributed by atoms with Crippen molar-refractivity contribution in [2.24, 2.45) is 17.8 Å². The number of carbonyl (C=O) groups is 1. The maximum Gasteiger partial charge on any atom is 0.305 e. The van der Waals surface area contributed by atoms with Crippen molar-refractivity contribution in [3.63, 3.8) is 0 Å². The molecule has 0 aromatic rings. The fraction of sp³-hybridized carbons (Fsp3) is 0.767. The molecule has 2 aliphatic carbocycles. The molecule has 0 bridgehead atoms. The number of fused-ring (bicyclic) bond motifs is 1. The summed E-state index contributed by atoms with van der Waals surface area (Å²) in [7, 11) is 1.46. The van der Waals surface area contributed by atoms with E-state index < -0.39 is 0 Å². The zero-order chi connectivity index (χ0) is 25.0. The van der Waals surface area contributed by atoms with Gasteiger partial charge in [-0.3, -0.25) is 4.79 Å². The van der Waals surface area contributed by atoms with E-state index >= 15 is 0 Å². The van der Waals surface area contributed by atoms with Crippen LogP contribution in [0.15, 0.2) is 36.0 Å². The predicted molar refractivity (Wildman–Crippen MR) is 139 cm³/mol. The Hall–Kier alpha value is -1.47. The van der Waals surface area contributed by atoms with E-state index in [9.17, 15) is 4.79 Å². The normalized spacial score (nSPS) is 32.1. The lowest BCUT2D eigenvalue weighted by atomic mass is 9.88. The van der Waals surface area contributed by atoms with Crippen LogP contribution < -0.4 is 0 Å². The molecule has 6 nitrogen and oxygen atoms in total. The molecule has 6 heteroatoms. The maximum absolute atomic E-state index is 11.4. The van der Waals surface area contributed by atoms with E-state index in [0.717, 1.165) is 90.3 Å². The molecule has 6 atom stereocenters. The van der Waals surface area contributed by atoms with Gasteiger partial charge in [0.05, 0.1) is 19.8 Å². The number of methoxy groups -OCH3 is 1. The van der Waals surface area contributed by atoms with Gasteiger partial charge < -0.3 is 23.7 Å². The number of ether oxygens (including phenoxy) is 5. The Bertz CT molecular complexity index is 747. The van der Waals surface area contributed by atoms with Gasteiger partial charge in [0.1, 0.15) is 0 Å². The topological polar surface area (TPSA) is 63.2 Å². The van der Waals surface area contributed by atoms with Crippen LogP contribution in [0.25, 0.3) is 0 Å². The monoisotopic (exact) mass is 502 g/mol. The number of esters is 1. The first-order chi connectivity index (χ1) is 17.7. The minimum absolute atomic E-state index is 0.00284. The molecule has 2 heterocycles. The maximum atomic E-state index is 11.4. The van der Waals surface area contributed by atoms with Crippen molar-refractivity contribution in [2.75, 3.05) is 26.9 Å². The van der Waals surface area contributed by atoms with Gasteiger partial charge >= 0.3 is 5.97 Å². The molecule has 0 aromatic carbocycles. The Labute approximate surface area is 217 Å². The Morgan fingerprint density at radius 2 is 1.83 bits per heavy atom. The van der Waals surface area contributed by atoms with Gasteiger partial charge in [-0.2, -0.15) is 0 Å². The number of allylic oxidation sites excluding steroid dienone is 4. The van der Waals surface area contributed by atoms with E-state index in [4.69, 9.17) is 23.7 Å². The molecule has 0 radical (unpaired) electrons. The zero-order valence-corrected chi connectivity index (χ0v) is 22.1. The second-order valence-electron chi connectivity index (χ2n) is 10.7. The molecule has 2 saturated heterocycles. The number of unbranched alkanes of at least 4 members (excludes halogenated alkanes) is 3. The van der Waals surface area contributed by atoms with E-state index in [0.29, 0.717) is 30.8 Å². The fourth-order valence-electron chi connectivity index (χ4n) is 6.12. The standard InChI is InChI=1S/C30H46O6/c1-32-28(31)14-8-7-12-23-20-24-22-27(36-30-16-11-19-35-30)25(26(24)21-23)13-6-4-2-3-5-9-17-33-29-15-10-18-34-29/h5-6,9,13,20,24-27,29-30H,2-4,7-8,10-12,14-19,21-22H2,1H3/t24-,25-,26-,27-,29?,30?/m1/s1. The first-order valence-corrected chi connectivity index (χ1v) is 14.3. The minimum Gasteiger partial charge on any atom is -0.469 e. The summed E-state index contributed by atoms with van der Waals surface area (Å²) in [6, 6.07) is 0. The lowest BCUT2D eigenvalue weighted by Gasteiger charge is -2.24. The summed E-state index contributed by atoms with van der Waals surface area (Å²) >= 11 is 0. The van der Waals surface area contributed by atoms with Crippen molar-refractivity contribution in [2.45, 2.75) is 102 Å². The molecule has 4 rings (SSSR count). The van der Waals surface area contributed by atoms with E-state index in [1.807, 2.05) is 0 Å². The summed E-state index contributed by atoms with van der Waals surface area (Å²) in [6.07, 6.45) is 25.3. The average molecular weight is 503 g/mol. The van der Waals surface area contributed by atoms with Crippen LogP contribution in [0.5, 0.6) is 0 Å². The summed E-state index contributed by atoms with van der Waals surface area (Å²) < 4.78 is 28.2. The molecular weight excluding hydrogens is 456 g/mol. The van der Waals surface area contributed by atoms with Gasteiger partial charge in [-0.05, 0) is 76.0 Å². The minimum atomic E-state index is -0.103. The highest BCUT2D eigenvalue weighted by Gasteiger charge is 2.45. The van der Waals surface area contributed by atoms with E-state index in [1.54, 1.807) is 5.57 Å². The molecule has 0 aromatic heterocycles. The lowest BCUT2D eigenvalue weighted by Crippen LogP contribution is -2.26. The molecule has 1 saturated carbocycles. The third-order valence-corrected chi connectivity index (χ3v) is 8.03. The number of hydrogen-bond donors (Lipinski definition) is 0. The van der Waals surface area contributed by atoms with E-state index in [2.05, 4.69) is 30.4 Å². The quantitative estimate of drug-likeness (QED) is 0.150. The fourth-order valence-corrected chi connectivity index (χ4v) is 6.12. The summed E-state index contributed by atoms with van der Waals surface area (Å²) in [5.41, 5.74) is 1.57. The number of carbonyl (C=O) groups excluding carboxylic acids is 1. The molecule has 202 valence electrons. The van der Waals surface area contributed by atoms with Crippen LogP contribution in [0.3, 0.4) is 0 Å². The molecule has 4 aliphatic rings. The highest BCUT2D eigenvalue weighted by atomic mass is 16.7. The Morgan fingerprint density at radius 1 is 1.03 bits per heavy atom. The van der Waals surface area contributed by atoms with Crippen LogP contribution in [-0.2, 0) is 28.5 Å². The van der Waals surface area contributed by atoms with E-state index in [1.165, 1.54) is 7.11 Å². The van der Waals surface area contributed by atoms with Gasteiger partial charge in [-0.25, -0.2) is 0 Å². The Kier molecular flexibility index (Phi) is 11.5. The zero-order valence-electron chi connectivity index (χ0n) is 22.1. The highest BCUT2D eigenvalue weighted by molar-refractivity contribution is 5.68. The van der Waals surface area contributed by atoms with Crippen molar-refractivity contribution < 1.29 is 28.5 Å². The molecular formula is C30H46O6. The Balaban J connectivity index is 1.19. The van der Waals surface area contributed by atoms with Crippen LogP contribution in [0.1, 0.15) is 83.5 Å². The average Bonchev–Trinajstić information content (AvgIpc) is 3.68. The Morgan fingerprint density at radius 3 is 2.61 bits per heavy atom. The summed E-state index contributed by atoms with van der Waals surface area (Å²) in [5.74, 6) is 1.60. The summed E-state index contributed by atoms with van der Waals surface area (Å²) in [4.78, 5) is 11.4. The third kappa shape index (κ3) is 8.54. The molecule has 2 unspecified atom stereocenters. The van der Waals surface area contributed by atoms with Gasteiger partial charge in [0, 0.05) is 38.4 Å². The smallest absolute Gasteiger partial charge is 0.305 e. The number of hydrogen-bond acceptors (Lipinski definition) is 6. The van der Waals surface area contributed by atoms with Gasteiger partial charge in [0.15, 0.2) is 12.6 Å². The summed E-state index contributed by atoms with van der Waals surface area (Å²) in [6.45, 7) is 2.30. The van der Waals surface area contributed by atoms with Crippen molar-refractivity contribution in [1.29, 1.82) is 0 Å². The van der Waals surface area contributed by atoms with Crippen LogP contribution in [0.2, 0.25) is 0 Å². The van der Waals surface area contributed by atoms with Crippen LogP contribution in [0, 0.1) is 17.8 Å². The van der Waals surface area contributed by atoms with Crippen LogP contribution in [0.4, 0.5) is 0 Å². The molecule has 2 aliphatic heterocycles. The highest BCUT2D eigenvalue weighted by Crippen LogP contribution is 2.49. The predicted octanol–water partition coefficient (Wildman–Crippen LogP) is 6.26. The second kappa shape index (κ2) is 15.1. The van der Waals surface area contributed by atoms with Gasteiger partial charge in [-0.1, -0.05) is 36.0 Å². The molecule has 0 N–H and O–H groups in total. The van der Waals surface area contributed by atoms with Gasteiger partial charge in [0.2, 0.25) is 0 Å². The molecule has 36 heavy (non-hydrogen) atoms. The largest absolute Gasteiger partial charge is 0.469 e. The number of rotatable bonds is 15. The third-order valence-electron chi connectivity index (χ3n) is 8.03. The van der Waals surface area contributed by atoms with Gasteiger partial charge in [-0.15, -0.1) is 0 Å². The van der Waals surface area contributed by atoms with Crippen molar-refractivity contribution in [3.8, 4) is 0 Å². The lowest BCUT2D eigenvalue weighted by molar-refractivity contribution is -0.150. The first kappa shape index (κ1) is 27.6. The molecule has 3 fully saturated rings. The summed E-state index contributed by atoms with van der Waals surface area (Å²) in [5, 5.41) is 0. The van der Waals surface area contributed by atoms with Crippen molar-refractivity contribution >= 4 is 5.97 Å². The first-order valence-electron chi connectivity index (χ1n) is 14.3. The SMILES string of the molecule is COC(=O)CCCCC1=C[C@@H]2C[C@@H](OC3CCCO3)[C@H](C=CCCCC=CCOC3CCCO3)[C@@H]2C1.